The summed E-state index contributed by atoms with van der Waals surface area (Å²) in [6, 6.07) is 13.6. The molecule has 24 heavy (non-hydrogen) atoms. The van der Waals surface area contributed by atoms with E-state index < -0.39 is 0 Å². The highest BCUT2D eigenvalue weighted by molar-refractivity contribution is 5.76. The third kappa shape index (κ3) is 4.65. The lowest BCUT2D eigenvalue weighted by atomic mass is 10.1. The molecule has 0 aromatic heterocycles. The minimum absolute atomic E-state index is 0.00704. The minimum atomic E-state index is 0.00704. The average molecular weight is 329 g/mol. The van der Waals surface area contributed by atoms with Crippen LogP contribution in [0.3, 0.4) is 0 Å². The maximum atomic E-state index is 12.0. The van der Waals surface area contributed by atoms with Crippen molar-refractivity contribution in [1.82, 2.24) is 5.32 Å². The molecule has 1 amide bonds. The Morgan fingerprint density at radius 2 is 1.54 bits per heavy atom. The van der Waals surface area contributed by atoms with E-state index >= 15 is 0 Å². The molecule has 0 unspecified atom stereocenters. The summed E-state index contributed by atoms with van der Waals surface area (Å²) >= 11 is 0. The van der Waals surface area contributed by atoms with Crippen LogP contribution in [0.4, 0.5) is 0 Å². The molecule has 128 valence electrons. The number of carbonyl (C=O) groups excluding carboxylic acids is 1. The van der Waals surface area contributed by atoms with Crippen molar-refractivity contribution < 1.29 is 19.0 Å². The molecule has 0 radical (unpaired) electrons. The summed E-state index contributed by atoms with van der Waals surface area (Å²) in [5.41, 5.74) is 2.04. The minimum Gasteiger partial charge on any atom is -0.493 e. The highest BCUT2D eigenvalue weighted by Gasteiger charge is 2.13. The summed E-state index contributed by atoms with van der Waals surface area (Å²) in [4.78, 5) is 12.0. The van der Waals surface area contributed by atoms with Crippen molar-refractivity contribution in [2.75, 3.05) is 21.3 Å². The van der Waals surface area contributed by atoms with Crippen molar-refractivity contribution in [3.8, 4) is 17.2 Å². The number of aryl methyl sites for hydroxylation is 1. The predicted octanol–water partition coefficient (Wildman–Crippen LogP) is 2.96. The van der Waals surface area contributed by atoms with Crippen LogP contribution in [0.1, 0.15) is 17.5 Å². The molecule has 2 aromatic carbocycles. The van der Waals surface area contributed by atoms with Gasteiger partial charge in [-0.05, 0) is 29.7 Å². The number of hydrogen-bond acceptors (Lipinski definition) is 4. The van der Waals surface area contributed by atoms with Crippen LogP contribution in [0.5, 0.6) is 17.2 Å². The van der Waals surface area contributed by atoms with Gasteiger partial charge < -0.3 is 19.5 Å². The fourth-order valence-corrected chi connectivity index (χ4v) is 2.43. The standard InChI is InChI=1S/C19H23NO4/c1-22-16-11-15(12-17(23-2)19(16)24-3)13-20-18(21)10-9-14-7-5-4-6-8-14/h4-8,11-12H,9-10,13H2,1-3H3,(H,20,21). The summed E-state index contributed by atoms with van der Waals surface area (Å²) in [5.74, 6) is 1.70. The number of amides is 1. The zero-order valence-electron chi connectivity index (χ0n) is 14.3. The highest BCUT2D eigenvalue weighted by atomic mass is 16.5. The van der Waals surface area contributed by atoms with E-state index in [0.29, 0.717) is 30.2 Å². The first kappa shape index (κ1) is 17.7. The van der Waals surface area contributed by atoms with Gasteiger partial charge in [0, 0.05) is 13.0 Å². The molecular weight excluding hydrogens is 306 g/mol. The van der Waals surface area contributed by atoms with Crippen molar-refractivity contribution in [2.45, 2.75) is 19.4 Å². The van der Waals surface area contributed by atoms with Crippen molar-refractivity contribution in [2.24, 2.45) is 0 Å². The zero-order valence-corrected chi connectivity index (χ0v) is 14.3. The second-order valence-electron chi connectivity index (χ2n) is 5.30. The Bertz CT molecular complexity index is 645. The number of hydrogen-bond donors (Lipinski definition) is 1. The van der Waals surface area contributed by atoms with Crippen LogP contribution in [0, 0.1) is 0 Å². The second kappa shape index (κ2) is 8.82. The van der Waals surface area contributed by atoms with E-state index in [2.05, 4.69) is 5.32 Å². The SMILES string of the molecule is COc1cc(CNC(=O)CCc2ccccc2)cc(OC)c1OC. The van der Waals surface area contributed by atoms with Gasteiger partial charge in [0.15, 0.2) is 11.5 Å². The molecule has 0 bridgehead atoms. The van der Waals surface area contributed by atoms with Gasteiger partial charge in [0.05, 0.1) is 21.3 Å². The topological polar surface area (TPSA) is 56.8 Å². The summed E-state index contributed by atoms with van der Waals surface area (Å²) in [6.07, 6.45) is 1.18. The molecule has 0 atom stereocenters. The summed E-state index contributed by atoms with van der Waals surface area (Å²) in [5, 5.41) is 2.92. The molecule has 0 spiro atoms. The Kier molecular flexibility index (Phi) is 6.49. The van der Waals surface area contributed by atoms with Gasteiger partial charge in [0.2, 0.25) is 11.7 Å². The van der Waals surface area contributed by atoms with Crippen LogP contribution in [-0.2, 0) is 17.8 Å². The van der Waals surface area contributed by atoms with E-state index in [1.54, 1.807) is 21.3 Å². The molecule has 1 N–H and O–H groups in total. The molecule has 2 aromatic rings. The summed E-state index contributed by atoms with van der Waals surface area (Å²) in [7, 11) is 4.70. The number of benzene rings is 2. The molecule has 0 heterocycles. The van der Waals surface area contributed by atoms with Gasteiger partial charge >= 0.3 is 0 Å². The molecule has 0 aliphatic rings. The Labute approximate surface area is 142 Å². The van der Waals surface area contributed by atoms with Gasteiger partial charge in [0.1, 0.15) is 0 Å². The van der Waals surface area contributed by atoms with Crippen LogP contribution in [0.15, 0.2) is 42.5 Å². The normalized spacial score (nSPS) is 10.1. The van der Waals surface area contributed by atoms with Crippen molar-refractivity contribution in [3.05, 3.63) is 53.6 Å². The molecule has 0 fully saturated rings. The fraction of sp³-hybridized carbons (Fsp3) is 0.316. The Morgan fingerprint density at radius 1 is 0.917 bits per heavy atom. The molecule has 5 heteroatoms. The lowest BCUT2D eigenvalue weighted by Crippen LogP contribution is -2.23. The first-order valence-corrected chi connectivity index (χ1v) is 7.77. The second-order valence-corrected chi connectivity index (χ2v) is 5.30. The van der Waals surface area contributed by atoms with Gasteiger partial charge in [-0.1, -0.05) is 30.3 Å². The maximum Gasteiger partial charge on any atom is 0.220 e. The van der Waals surface area contributed by atoms with Crippen molar-refractivity contribution in [1.29, 1.82) is 0 Å². The fourth-order valence-electron chi connectivity index (χ4n) is 2.43. The Balaban J connectivity index is 1.94. The smallest absolute Gasteiger partial charge is 0.220 e. The zero-order chi connectivity index (χ0) is 17.4. The molecular formula is C19H23NO4. The quantitative estimate of drug-likeness (QED) is 0.809. The van der Waals surface area contributed by atoms with Crippen molar-refractivity contribution >= 4 is 5.91 Å². The Hall–Kier alpha value is -2.69. The number of carbonyl (C=O) groups is 1. The van der Waals surface area contributed by atoms with Gasteiger partial charge in [-0.2, -0.15) is 0 Å². The van der Waals surface area contributed by atoms with Crippen LogP contribution in [0.25, 0.3) is 0 Å². The predicted molar refractivity (Wildman–Crippen MR) is 92.7 cm³/mol. The van der Waals surface area contributed by atoms with E-state index in [4.69, 9.17) is 14.2 Å². The average Bonchev–Trinajstić information content (AvgIpc) is 2.64. The monoisotopic (exact) mass is 329 g/mol. The van der Waals surface area contributed by atoms with E-state index in [1.807, 2.05) is 42.5 Å². The van der Waals surface area contributed by atoms with Crippen molar-refractivity contribution in [3.63, 3.8) is 0 Å². The summed E-state index contributed by atoms with van der Waals surface area (Å²) in [6.45, 7) is 0.407. The molecule has 0 saturated carbocycles. The number of methoxy groups -OCH3 is 3. The lowest BCUT2D eigenvalue weighted by molar-refractivity contribution is -0.121. The van der Waals surface area contributed by atoms with Crippen LogP contribution in [-0.4, -0.2) is 27.2 Å². The molecule has 0 aliphatic carbocycles. The van der Waals surface area contributed by atoms with E-state index in [-0.39, 0.29) is 5.91 Å². The number of rotatable bonds is 8. The summed E-state index contributed by atoms with van der Waals surface area (Å²) < 4.78 is 15.9. The first-order chi connectivity index (χ1) is 11.7. The number of nitrogens with one attached hydrogen (secondary N) is 1. The van der Waals surface area contributed by atoms with Crippen LogP contribution >= 0.6 is 0 Å². The van der Waals surface area contributed by atoms with Gasteiger partial charge in [-0.15, -0.1) is 0 Å². The molecule has 0 saturated heterocycles. The first-order valence-electron chi connectivity index (χ1n) is 7.77. The largest absolute Gasteiger partial charge is 0.493 e. The van der Waals surface area contributed by atoms with E-state index in [0.717, 1.165) is 17.5 Å². The molecule has 5 nitrogen and oxygen atoms in total. The van der Waals surface area contributed by atoms with Gasteiger partial charge in [-0.25, -0.2) is 0 Å². The lowest BCUT2D eigenvalue weighted by Gasteiger charge is -2.14. The molecule has 0 aliphatic heterocycles. The van der Waals surface area contributed by atoms with E-state index in [1.165, 1.54) is 0 Å². The van der Waals surface area contributed by atoms with E-state index in [9.17, 15) is 4.79 Å². The Morgan fingerprint density at radius 3 is 2.08 bits per heavy atom. The maximum absolute atomic E-state index is 12.0. The molecule has 2 rings (SSSR count). The third-order valence-electron chi connectivity index (χ3n) is 3.70. The highest BCUT2D eigenvalue weighted by Crippen LogP contribution is 2.38. The van der Waals surface area contributed by atoms with Crippen LogP contribution < -0.4 is 19.5 Å². The van der Waals surface area contributed by atoms with Gasteiger partial charge in [0.25, 0.3) is 0 Å². The third-order valence-corrected chi connectivity index (χ3v) is 3.70. The van der Waals surface area contributed by atoms with Gasteiger partial charge in [-0.3, -0.25) is 4.79 Å². The number of ether oxygens (including phenoxy) is 3. The van der Waals surface area contributed by atoms with Crippen LogP contribution in [0.2, 0.25) is 0 Å².